The number of benzene rings is 4. The van der Waals surface area contributed by atoms with Gasteiger partial charge in [0.1, 0.15) is 57.3 Å². The summed E-state index contributed by atoms with van der Waals surface area (Å²) in [6.45, 7) is 25.2. The van der Waals surface area contributed by atoms with Crippen molar-refractivity contribution < 1.29 is 47.0 Å². The number of carbonyl (C=O) groups excluding carboxylic acids is 4. The van der Waals surface area contributed by atoms with E-state index in [0.29, 0.717) is 74.8 Å². The molecule has 2 fully saturated rings. The van der Waals surface area contributed by atoms with Gasteiger partial charge in [-0.2, -0.15) is 5.10 Å². The number of aryl methyl sites for hydroxylation is 4. The first kappa shape index (κ1) is 93.4. The number of nitrogens with one attached hydrogen (secondary N) is 4. The Labute approximate surface area is 769 Å². The lowest BCUT2D eigenvalue weighted by Crippen LogP contribution is -2.62. The molecule has 0 bridgehead atoms. The number of imidazole rings is 3. The highest BCUT2D eigenvalue weighted by atomic mass is 19.1. The van der Waals surface area contributed by atoms with Gasteiger partial charge in [0.05, 0.1) is 65.3 Å². The number of fused-ring (bicyclic) bond motifs is 4. The molecule has 4 amide bonds. The molecule has 6 N–H and O–H groups in total. The minimum Gasteiger partial charge on any atom is -0.396 e. The van der Waals surface area contributed by atoms with E-state index in [-0.39, 0.29) is 101 Å². The second-order valence-corrected chi connectivity index (χ2v) is 36.5. The zero-order valence-electron chi connectivity index (χ0n) is 76.9. The molecule has 2 saturated heterocycles. The molecule has 4 aromatic carbocycles. The number of hydrogen-bond donors (Lipinski definition) is 6. The highest BCUT2D eigenvalue weighted by molar-refractivity contribution is 6.02. The molecule has 18 rings (SSSR count). The molecule has 0 saturated carbocycles. The van der Waals surface area contributed by atoms with E-state index in [1.807, 2.05) is 132 Å². The standard InChI is InChI=1S/2C30H34FN5O.C23H21FN4O2.C22H19FN4O2/c1-19-14-20(9-11-24(19)31)27-23(8-7-13-32-27)21-10-12-26-33-17-25(36(26)18-21)28(37)34-22-15-29(2,3)35(6)30(4,5)16-22;1-19-14-21(9-10-25(19)31)27-23(8-7-12-32-27)20-11-13-36-26(15-20)24(18-33-36)28(37)34-22-16-29(2,3)35(6)30(4,5)17-22;1-15-12-16(5-7-19(15)24)22-18(4-2-9-25-22)17-6-8-21-27-13-20(28(21)14-17)23(30)26-10-3-11-29;1-14-11-15(4-6-18(14)23)21-17(3-2-8-24-21)16-5-7-20-26-12-19(27(20)13-16)22(29)25-9-10-28/h7-14,17-18,22H,15-16H2,1-6H3,(H,34,37);7-15,18,22H,16-17H2,1-6H3,(H,34,37);2,4-9,12-14,29H,3,10-11H2,1H3,(H,26,30);2-8,11-13,28H,9-10H2,1H3,(H,25,29). The third-order valence-corrected chi connectivity index (χ3v) is 25.5. The van der Waals surface area contributed by atoms with Crippen LogP contribution < -0.4 is 21.3 Å². The van der Waals surface area contributed by atoms with Crippen molar-refractivity contribution in [2.24, 2.45) is 0 Å². The minimum atomic E-state index is -0.315. The van der Waals surface area contributed by atoms with Crippen molar-refractivity contribution in [2.45, 2.75) is 149 Å². The van der Waals surface area contributed by atoms with Gasteiger partial charge in [0.2, 0.25) is 0 Å². The topological polar surface area (TPSA) is 284 Å². The zero-order chi connectivity index (χ0) is 94.5. The molecular formula is C105H108F4N18O6. The van der Waals surface area contributed by atoms with E-state index in [1.54, 1.807) is 121 Å². The summed E-state index contributed by atoms with van der Waals surface area (Å²) in [4.78, 5) is 87.9. The van der Waals surface area contributed by atoms with Gasteiger partial charge < -0.3 is 31.5 Å². The lowest BCUT2D eigenvalue weighted by molar-refractivity contribution is -0.0173. The molecule has 0 radical (unpaired) electrons. The van der Waals surface area contributed by atoms with Gasteiger partial charge in [-0.25, -0.2) is 37.0 Å². The van der Waals surface area contributed by atoms with Crippen LogP contribution in [0.15, 0.2) is 244 Å². The van der Waals surface area contributed by atoms with Gasteiger partial charge in [0.15, 0.2) is 0 Å². The summed E-state index contributed by atoms with van der Waals surface area (Å²) in [7, 11) is 4.31. The summed E-state index contributed by atoms with van der Waals surface area (Å²) in [5.74, 6) is -1.82. The lowest BCUT2D eigenvalue weighted by Gasteiger charge is -2.53. The Morgan fingerprint density at radius 3 is 1.04 bits per heavy atom. The third kappa shape index (κ3) is 20.3. The van der Waals surface area contributed by atoms with Gasteiger partial charge in [0, 0.05) is 165 Å². The molecule has 12 aromatic heterocycles. The number of aliphatic hydroxyl groups excluding tert-OH is 2. The maximum absolute atomic E-state index is 13.9. The van der Waals surface area contributed by atoms with Crippen LogP contribution in [0.25, 0.3) is 112 Å². The van der Waals surface area contributed by atoms with Gasteiger partial charge in [-0.15, -0.1) is 0 Å². The fourth-order valence-corrected chi connectivity index (χ4v) is 18.0. The lowest BCUT2D eigenvalue weighted by atomic mass is 9.77. The van der Waals surface area contributed by atoms with Crippen LogP contribution in [-0.2, 0) is 0 Å². The van der Waals surface area contributed by atoms with E-state index in [9.17, 15) is 36.7 Å². The molecule has 28 heteroatoms. The number of piperidine rings is 2. The molecule has 16 aromatic rings. The number of nitrogens with zero attached hydrogens (tertiary/aromatic N) is 14. The average Bonchev–Trinajstić information content (AvgIpc) is 1.76. The molecule has 0 aliphatic carbocycles. The molecule has 2 aliphatic heterocycles. The number of halogens is 4. The van der Waals surface area contributed by atoms with Crippen LogP contribution in [0.1, 0.15) is 152 Å². The normalized spacial score (nSPS) is 14.7. The van der Waals surface area contributed by atoms with Crippen molar-refractivity contribution in [3.8, 4) is 89.5 Å². The van der Waals surface area contributed by atoms with Crippen molar-refractivity contribution in [1.82, 2.24) is 88.8 Å². The van der Waals surface area contributed by atoms with E-state index in [0.717, 1.165) is 121 Å². The van der Waals surface area contributed by atoms with Gasteiger partial charge >= 0.3 is 0 Å². The maximum atomic E-state index is 13.9. The summed E-state index contributed by atoms with van der Waals surface area (Å²) in [5, 5.41) is 34.2. The summed E-state index contributed by atoms with van der Waals surface area (Å²) in [5.41, 5.74) is 20.0. The second kappa shape index (κ2) is 39.0. The summed E-state index contributed by atoms with van der Waals surface area (Å²) >= 11 is 0. The van der Waals surface area contributed by atoms with Crippen molar-refractivity contribution in [1.29, 1.82) is 0 Å². The minimum absolute atomic E-state index is 0.0181. The summed E-state index contributed by atoms with van der Waals surface area (Å²) in [6.07, 6.45) is 24.6. The number of hydrogen-bond acceptors (Lipinski definition) is 16. The second-order valence-electron chi connectivity index (χ2n) is 36.5. The monoisotopic (exact) mass is 1790 g/mol. The Morgan fingerprint density at radius 1 is 0.376 bits per heavy atom. The Kier molecular flexibility index (Phi) is 27.4. The number of amides is 4. The number of pyridine rings is 8. The van der Waals surface area contributed by atoms with E-state index < -0.39 is 0 Å². The van der Waals surface area contributed by atoms with Gasteiger partial charge in [-0.1, -0.05) is 24.3 Å². The number of likely N-dealkylation sites (tertiary alicyclic amines) is 2. The van der Waals surface area contributed by atoms with E-state index in [4.69, 9.17) is 10.2 Å². The quantitative estimate of drug-likeness (QED) is 0.0324. The predicted molar refractivity (Wildman–Crippen MR) is 510 cm³/mol. The smallest absolute Gasteiger partial charge is 0.270 e. The summed E-state index contributed by atoms with van der Waals surface area (Å²) in [6, 6.07) is 50.6. The van der Waals surface area contributed by atoms with Crippen molar-refractivity contribution in [3.63, 3.8) is 0 Å². The fraction of sp³-hybridized carbons (Fsp3) is 0.276. The highest BCUT2D eigenvalue weighted by Gasteiger charge is 2.45. The number of aliphatic hydroxyl groups is 2. The van der Waals surface area contributed by atoms with Gasteiger partial charge in [-0.3, -0.25) is 62.1 Å². The van der Waals surface area contributed by atoms with Crippen molar-refractivity contribution >= 4 is 46.1 Å². The molecular weight excluding hydrogens is 1690 g/mol. The first-order valence-electron chi connectivity index (χ1n) is 44.2. The van der Waals surface area contributed by atoms with Crippen LogP contribution in [0.4, 0.5) is 17.6 Å². The first-order valence-corrected chi connectivity index (χ1v) is 44.2. The molecule has 133 heavy (non-hydrogen) atoms. The molecule has 2 aliphatic rings. The van der Waals surface area contributed by atoms with E-state index >= 15 is 0 Å². The number of aromatic nitrogens is 12. The van der Waals surface area contributed by atoms with Crippen LogP contribution in [0, 0.1) is 51.0 Å². The Balaban J connectivity index is 0.000000136. The predicted octanol–water partition coefficient (Wildman–Crippen LogP) is 18.6. The molecule has 0 atom stereocenters. The van der Waals surface area contributed by atoms with Crippen LogP contribution >= 0.6 is 0 Å². The van der Waals surface area contributed by atoms with Crippen LogP contribution in [0.2, 0.25) is 0 Å². The molecule has 0 spiro atoms. The van der Waals surface area contributed by atoms with Crippen LogP contribution in [0.5, 0.6) is 0 Å². The van der Waals surface area contributed by atoms with Gasteiger partial charge in [0.25, 0.3) is 23.6 Å². The molecule has 14 heterocycles. The largest absolute Gasteiger partial charge is 0.396 e. The van der Waals surface area contributed by atoms with Crippen molar-refractivity contribution in [2.75, 3.05) is 40.4 Å². The Hall–Kier alpha value is -14.3. The Morgan fingerprint density at radius 2 is 0.699 bits per heavy atom. The molecule has 24 nitrogen and oxygen atoms in total. The SMILES string of the molecule is Cc1cc(-c2ncccc2-c2ccc3ncc(C(=O)NC4CC(C)(C)N(C)C(C)(C)C4)n3c2)ccc1F.Cc1cc(-c2ncccc2-c2ccc3ncc(C(=O)NCCCO)n3c2)ccc1F.Cc1cc(-c2ncccc2-c2ccc3ncc(C(=O)NCCO)n3c2)ccc1F.Cc1cc(-c2ncccc2-c2ccn3ncc(C(=O)NC4CC(C)(C)N(C)C(C)(C)C4)c3c2)ccc1F. The number of rotatable bonds is 19. The first-order chi connectivity index (χ1) is 63.6. The zero-order valence-corrected chi connectivity index (χ0v) is 76.9. The van der Waals surface area contributed by atoms with Crippen LogP contribution in [0.3, 0.4) is 0 Å². The van der Waals surface area contributed by atoms with Gasteiger partial charge in [-0.05, 0) is 303 Å². The summed E-state index contributed by atoms with van der Waals surface area (Å²) < 4.78 is 62.2. The average molecular weight is 1790 g/mol. The molecule has 682 valence electrons. The number of carbonyl (C=O) groups is 4. The fourth-order valence-electron chi connectivity index (χ4n) is 18.0. The van der Waals surface area contributed by atoms with Crippen LogP contribution in [-0.4, -0.2) is 176 Å². The maximum Gasteiger partial charge on any atom is 0.270 e. The molecule has 0 unspecified atom stereocenters. The Bertz CT molecular complexity index is 6790. The third-order valence-electron chi connectivity index (χ3n) is 25.5. The van der Waals surface area contributed by atoms with Crippen molar-refractivity contribution in [3.05, 3.63) is 312 Å². The van der Waals surface area contributed by atoms with E-state index in [2.05, 4.69) is 141 Å². The van der Waals surface area contributed by atoms with E-state index in [1.165, 1.54) is 36.7 Å². The highest BCUT2D eigenvalue weighted by Crippen LogP contribution is 2.42.